The molecule has 2 heterocycles. The molecule has 0 saturated carbocycles. The smallest absolute Gasteiger partial charge is 0.312 e. The Morgan fingerprint density at radius 2 is 1.39 bits per heavy atom. The van der Waals surface area contributed by atoms with Crippen LogP contribution in [-0.2, 0) is 56.0 Å². The maximum atomic E-state index is 14.5. The number of unbranched alkanes of at least 4 members (excludes halogenated alkanes) is 1. The van der Waals surface area contributed by atoms with E-state index in [4.69, 9.17) is 22.9 Å². The Balaban J connectivity index is 1.76. The van der Waals surface area contributed by atoms with Gasteiger partial charge in [-0.05, 0) is 62.1 Å². The second-order valence-corrected chi connectivity index (χ2v) is 18.0. The molecule has 74 heavy (non-hydrogen) atoms. The molecular weight excluding hydrogens is 959 g/mol. The topological polar surface area (TPSA) is 411 Å². The van der Waals surface area contributed by atoms with Gasteiger partial charge in [0.1, 0.15) is 42.3 Å². The van der Waals surface area contributed by atoms with Gasteiger partial charge in [-0.1, -0.05) is 68.3 Å². The summed E-state index contributed by atoms with van der Waals surface area (Å²) in [5.41, 5.74) is 24.2. The predicted octanol–water partition coefficient (Wildman–Crippen LogP) is -2.16. The number of nitrogens with two attached hydrogens (primary N) is 4. The number of para-hydroxylation sites is 1. The van der Waals surface area contributed by atoms with Gasteiger partial charge in [-0.3, -0.25) is 48.1 Å². The summed E-state index contributed by atoms with van der Waals surface area (Å²) < 4.78 is 0. The van der Waals surface area contributed by atoms with Crippen molar-refractivity contribution in [3.05, 3.63) is 71.9 Å². The Morgan fingerprint density at radius 3 is 2.07 bits per heavy atom. The van der Waals surface area contributed by atoms with E-state index in [0.717, 1.165) is 10.9 Å². The van der Waals surface area contributed by atoms with Gasteiger partial charge in [-0.15, -0.1) is 0 Å². The molecule has 4 rings (SSSR count). The Labute approximate surface area is 428 Å². The lowest BCUT2D eigenvalue weighted by atomic mass is 10.0. The summed E-state index contributed by atoms with van der Waals surface area (Å²) in [7, 11) is 0. The Kier molecular flexibility index (Phi) is 23.6. The van der Waals surface area contributed by atoms with Crippen molar-refractivity contribution in [1.82, 2.24) is 52.8 Å². The van der Waals surface area contributed by atoms with E-state index in [1.165, 1.54) is 6.92 Å². The molecule has 11 amide bonds. The van der Waals surface area contributed by atoms with Crippen molar-refractivity contribution in [3.63, 3.8) is 0 Å². The number of carbonyl (C=O) groups is 10. The number of aromatic amines is 1. The van der Waals surface area contributed by atoms with Gasteiger partial charge in [0.05, 0.1) is 0 Å². The number of hydrogen-bond acceptors (Lipinski definition) is 11. The third-order valence-electron chi connectivity index (χ3n) is 12.1. The van der Waals surface area contributed by atoms with E-state index < -0.39 is 101 Å². The van der Waals surface area contributed by atoms with Crippen LogP contribution in [0.1, 0.15) is 89.2 Å². The van der Waals surface area contributed by atoms with Crippen molar-refractivity contribution in [3.8, 4) is 0 Å². The molecule has 25 nitrogen and oxygen atoms in total. The molecule has 0 radical (unpaired) electrons. The van der Waals surface area contributed by atoms with Gasteiger partial charge < -0.3 is 75.8 Å². The molecule has 1 aromatic heterocycles. The number of rotatable bonds is 21. The average Bonchev–Trinajstić information content (AvgIpc) is 3.76. The van der Waals surface area contributed by atoms with Crippen LogP contribution in [0.15, 0.2) is 65.8 Å². The molecule has 0 spiro atoms. The van der Waals surface area contributed by atoms with Crippen molar-refractivity contribution in [1.29, 1.82) is 0 Å². The number of aliphatic imine (C=N–C) groups is 1. The SMILES string of the molecule is CCCC[C@H](NC(C)=O)C(=O)NC1CCC(=O)NCCC(C(=O)N[C@@H](Cc2c[nH]c3ccccc23)C(N)=O)NC(=O)[C@H](CCCN=C(N)N)NC(=O)C(Cc2ccccc2)NC(=O)[C@H](CCCNC(N)=O)NC1=O. The maximum Gasteiger partial charge on any atom is 0.312 e. The highest BCUT2D eigenvalue weighted by molar-refractivity contribution is 5.98. The minimum Gasteiger partial charge on any atom is -0.370 e. The molecule has 1 aliphatic rings. The fraction of sp³-hybridized carbons (Fsp3) is 0.490. The van der Waals surface area contributed by atoms with Crippen LogP contribution in [0, 0.1) is 0 Å². The quantitative estimate of drug-likeness (QED) is 0.0309. The number of fused-ring (bicyclic) bond motifs is 1. The zero-order valence-corrected chi connectivity index (χ0v) is 41.8. The van der Waals surface area contributed by atoms with Crippen LogP contribution in [0.4, 0.5) is 4.79 Å². The fourth-order valence-electron chi connectivity index (χ4n) is 8.17. The summed E-state index contributed by atoms with van der Waals surface area (Å²) in [6.45, 7) is 2.91. The third-order valence-corrected chi connectivity index (χ3v) is 12.1. The summed E-state index contributed by atoms with van der Waals surface area (Å²) in [4.78, 5) is 143. The van der Waals surface area contributed by atoms with E-state index in [-0.39, 0.29) is 89.8 Å². The van der Waals surface area contributed by atoms with Crippen LogP contribution in [-0.4, -0.2) is 132 Å². The highest BCUT2D eigenvalue weighted by atomic mass is 16.2. The summed E-state index contributed by atoms with van der Waals surface area (Å²) in [6.07, 6.45) is 2.05. The number of nitrogens with one attached hydrogen (secondary N) is 10. The Bertz CT molecular complexity index is 2460. The number of H-pyrrole nitrogens is 1. The van der Waals surface area contributed by atoms with Crippen molar-refractivity contribution in [2.45, 2.75) is 133 Å². The second-order valence-electron chi connectivity index (χ2n) is 18.0. The molecule has 2 aromatic carbocycles. The van der Waals surface area contributed by atoms with Crippen LogP contribution in [0.2, 0.25) is 0 Å². The number of carbonyl (C=O) groups excluding carboxylic acids is 10. The minimum absolute atomic E-state index is 0.0119. The number of nitrogens with zero attached hydrogens (tertiary/aromatic N) is 1. The molecule has 1 saturated heterocycles. The van der Waals surface area contributed by atoms with Crippen LogP contribution in [0.25, 0.3) is 10.9 Å². The highest BCUT2D eigenvalue weighted by Gasteiger charge is 2.35. The van der Waals surface area contributed by atoms with Gasteiger partial charge >= 0.3 is 6.03 Å². The van der Waals surface area contributed by atoms with Crippen molar-refractivity contribution < 1.29 is 47.9 Å². The van der Waals surface area contributed by atoms with E-state index in [9.17, 15) is 47.9 Å². The molecule has 1 fully saturated rings. The summed E-state index contributed by atoms with van der Waals surface area (Å²) in [5.74, 6) is -7.27. The summed E-state index contributed by atoms with van der Waals surface area (Å²) >= 11 is 0. The van der Waals surface area contributed by atoms with Crippen LogP contribution in [0.5, 0.6) is 0 Å². The molecule has 3 aromatic rings. The van der Waals surface area contributed by atoms with Gasteiger partial charge in [0.25, 0.3) is 0 Å². The molecule has 0 aliphatic carbocycles. The standard InChI is InChI=1S/C49H71N15O10/c1-3-4-15-33(58-28(2)65)42(68)61-36-19-20-40(66)54-24-21-37(46(72)63-38(41(50)67)26-30-27-57-32-16-9-8-14-31(30)32)62-43(69)34(17-10-22-55-48(51)52)60-47(73)39(25-29-12-6-5-7-13-29)64-44(70)35(59-45(36)71)18-11-23-56-49(53)74/h5-9,12-14,16,27,33-39,57H,3-4,10-11,15,17-26H2,1-2H3,(H2,50,67)(H,54,66)(H,58,65)(H,59,71)(H,60,73)(H,61,68)(H,62,69)(H,63,72)(H,64,70)(H4,51,52,55)(H3,53,56,74)/t33-,34-,35-,36?,37?,38-,39?/m0/s1. The van der Waals surface area contributed by atoms with Crippen molar-refractivity contribution >= 4 is 76.1 Å². The number of hydrogen-bond donors (Lipinski definition) is 14. The van der Waals surface area contributed by atoms with Gasteiger partial charge in [-0.25, -0.2) is 4.79 Å². The summed E-state index contributed by atoms with van der Waals surface area (Å²) in [6, 6.07) is 5.62. The summed E-state index contributed by atoms with van der Waals surface area (Å²) in [5, 5.41) is 24.5. The molecule has 0 bridgehead atoms. The monoisotopic (exact) mass is 1030 g/mol. The number of amides is 11. The van der Waals surface area contributed by atoms with E-state index >= 15 is 0 Å². The van der Waals surface area contributed by atoms with Crippen molar-refractivity contribution in [2.24, 2.45) is 27.9 Å². The molecule has 3 unspecified atom stereocenters. The number of benzene rings is 2. The number of primary amides is 2. The molecule has 18 N–H and O–H groups in total. The van der Waals surface area contributed by atoms with Crippen LogP contribution >= 0.6 is 0 Å². The van der Waals surface area contributed by atoms with Crippen LogP contribution in [0.3, 0.4) is 0 Å². The Morgan fingerprint density at radius 1 is 0.743 bits per heavy atom. The van der Waals surface area contributed by atoms with E-state index in [2.05, 4.69) is 57.8 Å². The lowest BCUT2D eigenvalue weighted by Gasteiger charge is -2.28. The molecule has 1 aliphatic heterocycles. The largest absolute Gasteiger partial charge is 0.370 e. The lowest BCUT2D eigenvalue weighted by molar-refractivity contribution is -0.136. The number of urea groups is 1. The Hall–Kier alpha value is -8.25. The zero-order valence-electron chi connectivity index (χ0n) is 41.8. The normalized spacial score (nSPS) is 20.0. The highest BCUT2D eigenvalue weighted by Crippen LogP contribution is 2.19. The van der Waals surface area contributed by atoms with Gasteiger partial charge in [0.15, 0.2) is 5.96 Å². The predicted molar refractivity (Wildman–Crippen MR) is 274 cm³/mol. The first-order chi connectivity index (χ1) is 35.3. The molecule has 402 valence electrons. The first kappa shape index (κ1) is 58.3. The first-order valence-corrected chi connectivity index (χ1v) is 24.7. The number of aromatic nitrogens is 1. The van der Waals surface area contributed by atoms with Crippen molar-refractivity contribution in [2.75, 3.05) is 19.6 Å². The molecule has 25 heteroatoms. The van der Waals surface area contributed by atoms with E-state index in [1.807, 2.05) is 31.2 Å². The molecule has 7 atom stereocenters. The second kappa shape index (κ2) is 29.9. The van der Waals surface area contributed by atoms with Gasteiger partial charge in [-0.2, -0.15) is 0 Å². The van der Waals surface area contributed by atoms with E-state index in [0.29, 0.717) is 24.0 Å². The van der Waals surface area contributed by atoms with Crippen LogP contribution < -0.4 is 70.8 Å². The zero-order chi connectivity index (χ0) is 54.2. The first-order valence-electron chi connectivity index (χ1n) is 24.7. The fourth-order valence-corrected chi connectivity index (χ4v) is 8.17. The third kappa shape index (κ3) is 19.7. The van der Waals surface area contributed by atoms with E-state index in [1.54, 1.807) is 36.5 Å². The molecular formula is C49H71N15O10. The lowest BCUT2D eigenvalue weighted by Crippen LogP contribution is -2.60. The number of guanidine groups is 1. The minimum atomic E-state index is -1.46. The van der Waals surface area contributed by atoms with Gasteiger partial charge in [0.2, 0.25) is 53.2 Å². The van der Waals surface area contributed by atoms with Gasteiger partial charge in [0, 0.05) is 62.9 Å². The maximum absolute atomic E-state index is 14.5. The average molecular weight is 1030 g/mol.